The molecule has 0 heterocycles. The molecular formula is C16H25NO. The highest BCUT2D eigenvalue weighted by Crippen LogP contribution is 2.31. The Kier molecular flexibility index (Phi) is 4.15. The van der Waals surface area contributed by atoms with Gasteiger partial charge in [-0.15, -0.1) is 0 Å². The van der Waals surface area contributed by atoms with Gasteiger partial charge in [0.05, 0.1) is 7.11 Å². The second-order valence-corrected chi connectivity index (χ2v) is 5.94. The minimum Gasteiger partial charge on any atom is -0.497 e. The van der Waals surface area contributed by atoms with Crippen LogP contribution in [0.4, 0.5) is 5.69 Å². The smallest absolute Gasteiger partial charge is 0.119 e. The molecule has 1 aromatic rings. The molecule has 18 heavy (non-hydrogen) atoms. The molecule has 2 nitrogen and oxygen atoms in total. The Hall–Kier alpha value is -1.18. The van der Waals surface area contributed by atoms with Gasteiger partial charge >= 0.3 is 0 Å². The van der Waals surface area contributed by atoms with Crippen molar-refractivity contribution in [1.82, 2.24) is 0 Å². The van der Waals surface area contributed by atoms with E-state index in [1.54, 1.807) is 7.11 Å². The monoisotopic (exact) mass is 247 g/mol. The van der Waals surface area contributed by atoms with Crippen molar-refractivity contribution in [2.45, 2.75) is 46.1 Å². The average molecular weight is 247 g/mol. The summed E-state index contributed by atoms with van der Waals surface area (Å²) in [5.41, 5.74) is 2.52. The molecule has 1 saturated carbocycles. The number of nitrogens with one attached hydrogen (secondary N) is 1. The molecule has 1 aliphatic carbocycles. The van der Waals surface area contributed by atoms with Crippen molar-refractivity contribution in [3.05, 3.63) is 23.8 Å². The van der Waals surface area contributed by atoms with Crippen LogP contribution in [-0.4, -0.2) is 13.2 Å². The standard InChI is InChI=1S/C16H25NO/c1-11-7-12(2)9-14(8-11)17-16-6-5-15(18-4)10-13(16)3/h5-6,10-12,14,17H,7-9H2,1-4H3. The van der Waals surface area contributed by atoms with Crippen LogP contribution in [0.15, 0.2) is 18.2 Å². The van der Waals surface area contributed by atoms with Crippen molar-refractivity contribution in [1.29, 1.82) is 0 Å². The van der Waals surface area contributed by atoms with Gasteiger partial charge in [-0.3, -0.25) is 0 Å². The number of anilines is 1. The lowest BCUT2D eigenvalue weighted by molar-refractivity contribution is 0.281. The predicted octanol–water partition coefficient (Wildman–Crippen LogP) is 4.24. The van der Waals surface area contributed by atoms with Crippen molar-refractivity contribution >= 4 is 5.69 Å². The zero-order chi connectivity index (χ0) is 13.1. The zero-order valence-corrected chi connectivity index (χ0v) is 12.0. The summed E-state index contributed by atoms with van der Waals surface area (Å²) >= 11 is 0. The first-order chi connectivity index (χ1) is 8.58. The fourth-order valence-electron chi connectivity index (χ4n) is 3.21. The van der Waals surface area contributed by atoms with Crippen LogP contribution in [0.5, 0.6) is 5.75 Å². The molecule has 2 heteroatoms. The molecule has 2 unspecified atom stereocenters. The largest absolute Gasteiger partial charge is 0.497 e. The van der Waals surface area contributed by atoms with Gasteiger partial charge in [0, 0.05) is 11.7 Å². The van der Waals surface area contributed by atoms with Crippen LogP contribution in [0.25, 0.3) is 0 Å². The molecule has 1 fully saturated rings. The van der Waals surface area contributed by atoms with E-state index in [0.717, 1.165) is 17.6 Å². The maximum atomic E-state index is 5.25. The summed E-state index contributed by atoms with van der Waals surface area (Å²) in [6, 6.07) is 6.89. The second-order valence-electron chi connectivity index (χ2n) is 5.94. The summed E-state index contributed by atoms with van der Waals surface area (Å²) in [6.07, 6.45) is 3.95. The number of ether oxygens (including phenoxy) is 1. The van der Waals surface area contributed by atoms with Gasteiger partial charge in [0.1, 0.15) is 5.75 Å². The lowest BCUT2D eigenvalue weighted by Gasteiger charge is -2.33. The van der Waals surface area contributed by atoms with Gasteiger partial charge in [0.25, 0.3) is 0 Å². The van der Waals surface area contributed by atoms with E-state index >= 15 is 0 Å². The molecule has 0 bridgehead atoms. The number of benzene rings is 1. The Morgan fingerprint density at radius 2 is 1.78 bits per heavy atom. The Morgan fingerprint density at radius 1 is 1.11 bits per heavy atom. The first-order valence-corrected chi connectivity index (χ1v) is 6.99. The van der Waals surface area contributed by atoms with E-state index in [2.05, 4.69) is 38.2 Å². The van der Waals surface area contributed by atoms with Gasteiger partial charge in [0.2, 0.25) is 0 Å². The van der Waals surface area contributed by atoms with E-state index in [1.165, 1.54) is 30.5 Å². The SMILES string of the molecule is COc1ccc(NC2CC(C)CC(C)C2)c(C)c1. The van der Waals surface area contributed by atoms with Crippen LogP contribution in [0.2, 0.25) is 0 Å². The van der Waals surface area contributed by atoms with E-state index in [9.17, 15) is 0 Å². The van der Waals surface area contributed by atoms with Crippen molar-refractivity contribution < 1.29 is 4.74 Å². The molecule has 2 atom stereocenters. The third-order valence-electron chi connectivity index (χ3n) is 3.97. The minimum absolute atomic E-state index is 0.621. The average Bonchev–Trinajstić information content (AvgIpc) is 2.30. The summed E-state index contributed by atoms with van der Waals surface area (Å²) in [6.45, 7) is 6.87. The molecule has 0 spiro atoms. The quantitative estimate of drug-likeness (QED) is 0.862. The molecule has 0 aliphatic heterocycles. The van der Waals surface area contributed by atoms with E-state index in [0.29, 0.717) is 6.04 Å². The number of hydrogen-bond donors (Lipinski definition) is 1. The first-order valence-electron chi connectivity index (χ1n) is 6.99. The molecule has 2 rings (SSSR count). The maximum Gasteiger partial charge on any atom is 0.119 e. The summed E-state index contributed by atoms with van der Waals surface area (Å²) in [5, 5.41) is 3.71. The zero-order valence-electron chi connectivity index (χ0n) is 12.0. The van der Waals surface area contributed by atoms with E-state index in [4.69, 9.17) is 4.74 Å². The molecule has 1 aromatic carbocycles. The van der Waals surface area contributed by atoms with Crippen molar-refractivity contribution in [3.8, 4) is 5.75 Å². The van der Waals surface area contributed by atoms with Crippen LogP contribution in [0.1, 0.15) is 38.7 Å². The topological polar surface area (TPSA) is 21.3 Å². The highest BCUT2D eigenvalue weighted by Gasteiger charge is 2.23. The van der Waals surface area contributed by atoms with E-state index in [1.807, 2.05) is 6.07 Å². The lowest BCUT2D eigenvalue weighted by atomic mass is 9.80. The van der Waals surface area contributed by atoms with Crippen LogP contribution in [0.3, 0.4) is 0 Å². The third kappa shape index (κ3) is 3.18. The minimum atomic E-state index is 0.621. The van der Waals surface area contributed by atoms with Gasteiger partial charge in [-0.2, -0.15) is 0 Å². The summed E-state index contributed by atoms with van der Waals surface area (Å²) < 4.78 is 5.25. The Balaban J connectivity index is 2.04. The van der Waals surface area contributed by atoms with Crippen LogP contribution in [0, 0.1) is 18.8 Å². The first kappa shape index (κ1) is 13.3. The molecule has 1 N–H and O–H groups in total. The van der Waals surface area contributed by atoms with Gasteiger partial charge in [-0.05, 0) is 61.8 Å². The molecular weight excluding hydrogens is 222 g/mol. The number of hydrogen-bond acceptors (Lipinski definition) is 2. The number of rotatable bonds is 3. The third-order valence-corrected chi connectivity index (χ3v) is 3.97. The van der Waals surface area contributed by atoms with Gasteiger partial charge in [-0.1, -0.05) is 13.8 Å². The molecule has 1 aliphatic rings. The maximum absolute atomic E-state index is 5.25. The predicted molar refractivity (Wildman–Crippen MR) is 77.3 cm³/mol. The highest BCUT2D eigenvalue weighted by molar-refractivity contribution is 5.54. The van der Waals surface area contributed by atoms with E-state index < -0.39 is 0 Å². The van der Waals surface area contributed by atoms with Crippen LogP contribution in [-0.2, 0) is 0 Å². The van der Waals surface area contributed by atoms with E-state index in [-0.39, 0.29) is 0 Å². The molecule has 100 valence electrons. The fourth-order valence-corrected chi connectivity index (χ4v) is 3.21. The Bertz CT molecular complexity index is 392. The van der Waals surface area contributed by atoms with Crippen molar-refractivity contribution in [3.63, 3.8) is 0 Å². The molecule has 0 radical (unpaired) electrons. The second kappa shape index (κ2) is 5.64. The van der Waals surface area contributed by atoms with Gasteiger partial charge in [-0.25, -0.2) is 0 Å². The molecule has 0 aromatic heterocycles. The van der Waals surface area contributed by atoms with Gasteiger partial charge in [0.15, 0.2) is 0 Å². The Morgan fingerprint density at radius 3 is 2.33 bits per heavy atom. The van der Waals surface area contributed by atoms with Gasteiger partial charge < -0.3 is 10.1 Å². The highest BCUT2D eigenvalue weighted by atomic mass is 16.5. The molecule has 0 saturated heterocycles. The summed E-state index contributed by atoms with van der Waals surface area (Å²) in [7, 11) is 1.71. The number of aryl methyl sites for hydroxylation is 1. The lowest BCUT2D eigenvalue weighted by Crippen LogP contribution is -2.30. The molecule has 0 amide bonds. The number of methoxy groups -OCH3 is 1. The van der Waals surface area contributed by atoms with Crippen LogP contribution < -0.4 is 10.1 Å². The summed E-state index contributed by atoms with van der Waals surface area (Å²) in [4.78, 5) is 0. The summed E-state index contributed by atoms with van der Waals surface area (Å²) in [5.74, 6) is 2.61. The fraction of sp³-hybridized carbons (Fsp3) is 0.625. The Labute approximate surface area is 111 Å². The van der Waals surface area contributed by atoms with Crippen molar-refractivity contribution in [2.24, 2.45) is 11.8 Å². The van der Waals surface area contributed by atoms with Crippen LogP contribution >= 0.6 is 0 Å². The van der Waals surface area contributed by atoms with Crippen molar-refractivity contribution in [2.75, 3.05) is 12.4 Å². The normalized spacial score (nSPS) is 27.9.